The lowest BCUT2D eigenvalue weighted by molar-refractivity contribution is -0.384. The molecule has 128 valence electrons. The predicted octanol–water partition coefficient (Wildman–Crippen LogP) is 3.77. The van der Waals surface area contributed by atoms with Crippen LogP contribution in [0, 0.1) is 10.1 Å². The van der Waals surface area contributed by atoms with Crippen molar-refractivity contribution in [2.75, 3.05) is 6.61 Å². The van der Waals surface area contributed by atoms with E-state index < -0.39 is 10.5 Å². The van der Waals surface area contributed by atoms with Gasteiger partial charge in [-0.1, -0.05) is 30.3 Å². The molecule has 0 bridgehead atoms. The van der Waals surface area contributed by atoms with Gasteiger partial charge in [-0.3, -0.25) is 10.1 Å². The number of nitro groups is 1. The second-order valence-corrected chi connectivity index (χ2v) is 6.97. The van der Waals surface area contributed by atoms with Crippen molar-refractivity contribution < 1.29 is 14.4 Å². The summed E-state index contributed by atoms with van der Waals surface area (Å²) >= 11 is 0. The highest BCUT2D eigenvalue weighted by Gasteiger charge is 2.65. The molecule has 2 atom stereocenters. The molecule has 0 unspecified atom stereocenters. The van der Waals surface area contributed by atoms with Crippen LogP contribution in [-0.2, 0) is 15.1 Å². The molecule has 0 spiro atoms. The predicted molar refractivity (Wildman–Crippen MR) is 92.5 cm³/mol. The highest BCUT2D eigenvalue weighted by Crippen LogP contribution is 2.59. The Morgan fingerprint density at radius 1 is 1.12 bits per heavy atom. The highest BCUT2D eigenvalue weighted by molar-refractivity contribution is 5.92. The molecule has 0 aromatic heterocycles. The fourth-order valence-corrected chi connectivity index (χ4v) is 3.19. The molecule has 0 aliphatic carbocycles. The van der Waals surface area contributed by atoms with Crippen LogP contribution in [0.25, 0.3) is 0 Å². The minimum Gasteiger partial charge on any atom is -0.476 e. The Bertz CT molecular complexity index is 845. The first kappa shape index (κ1) is 15.8. The standard InChI is InChI=1S/C19H18N2O4/c1-18(2)12-24-17(20-18)19(14-8-10-15(11-9-14)21(22)23)16(25-19)13-6-4-3-5-7-13/h3-11,16H,12H2,1-2H3/t16-,19+/m1/s1. The Balaban J connectivity index is 1.77. The zero-order chi connectivity index (χ0) is 17.7. The van der Waals surface area contributed by atoms with E-state index in [0.717, 1.165) is 11.1 Å². The van der Waals surface area contributed by atoms with Gasteiger partial charge in [0.25, 0.3) is 5.69 Å². The zero-order valence-corrected chi connectivity index (χ0v) is 14.0. The average Bonchev–Trinajstić information content (AvgIpc) is 3.26. The third-order valence-corrected chi connectivity index (χ3v) is 4.51. The van der Waals surface area contributed by atoms with Gasteiger partial charge in [-0.15, -0.1) is 0 Å². The number of nitrogens with zero attached hydrogens (tertiary/aromatic N) is 2. The van der Waals surface area contributed by atoms with Crippen LogP contribution >= 0.6 is 0 Å². The van der Waals surface area contributed by atoms with Crippen molar-refractivity contribution in [3.8, 4) is 0 Å². The number of non-ortho nitro benzene ring substituents is 1. The summed E-state index contributed by atoms with van der Waals surface area (Å²) in [5, 5.41) is 10.9. The smallest absolute Gasteiger partial charge is 0.269 e. The van der Waals surface area contributed by atoms with E-state index in [4.69, 9.17) is 14.5 Å². The van der Waals surface area contributed by atoms with E-state index >= 15 is 0 Å². The Morgan fingerprint density at radius 2 is 1.80 bits per heavy atom. The third kappa shape index (κ3) is 2.59. The highest BCUT2D eigenvalue weighted by atomic mass is 16.6. The van der Waals surface area contributed by atoms with Crippen molar-refractivity contribution >= 4 is 11.6 Å². The maximum absolute atomic E-state index is 10.9. The number of hydrogen-bond donors (Lipinski definition) is 0. The summed E-state index contributed by atoms with van der Waals surface area (Å²) < 4.78 is 12.0. The zero-order valence-electron chi connectivity index (χ0n) is 14.0. The number of rotatable bonds is 4. The molecule has 25 heavy (non-hydrogen) atoms. The number of aliphatic imine (C=N–C) groups is 1. The van der Waals surface area contributed by atoms with E-state index in [-0.39, 0.29) is 17.3 Å². The van der Waals surface area contributed by atoms with Crippen LogP contribution < -0.4 is 0 Å². The molecular weight excluding hydrogens is 320 g/mol. The summed E-state index contributed by atoms with van der Waals surface area (Å²) in [6.45, 7) is 4.49. The van der Waals surface area contributed by atoms with Gasteiger partial charge in [-0.05, 0) is 37.1 Å². The fraction of sp³-hybridized carbons (Fsp3) is 0.316. The second kappa shape index (κ2) is 5.39. The molecular formula is C19H18N2O4. The summed E-state index contributed by atoms with van der Waals surface area (Å²) in [5.41, 5.74) is 0.756. The lowest BCUT2D eigenvalue weighted by Gasteiger charge is -2.13. The molecule has 4 rings (SSSR count). The molecule has 0 saturated carbocycles. The van der Waals surface area contributed by atoms with Gasteiger partial charge >= 0.3 is 0 Å². The quantitative estimate of drug-likeness (QED) is 0.483. The van der Waals surface area contributed by atoms with E-state index in [2.05, 4.69) is 0 Å². The summed E-state index contributed by atoms with van der Waals surface area (Å²) in [6, 6.07) is 16.3. The van der Waals surface area contributed by atoms with Crippen molar-refractivity contribution in [3.05, 3.63) is 75.8 Å². The molecule has 2 aliphatic heterocycles. The van der Waals surface area contributed by atoms with Crippen molar-refractivity contribution in [2.45, 2.75) is 31.1 Å². The van der Waals surface area contributed by atoms with E-state index in [9.17, 15) is 10.1 Å². The van der Waals surface area contributed by atoms with E-state index in [1.165, 1.54) is 12.1 Å². The summed E-state index contributed by atoms with van der Waals surface area (Å²) in [4.78, 5) is 15.2. The normalized spacial score (nSPS) is 26.6. The summed E-state index contributed by atoms with van der Waals surface area (Å²) in [6.07, 6.45) is -0.220. The Labute approximate surface area is 145 Å². The minimum absolute atomic E-state index is 0.0467. The van der Waals surface area contributed by atoms with Crippen molar-refractivity contribution in [3.63, 3.8) is 0 Å². The lowest BCUT2D eigenvalue weighted by atomic mass is 9.91. The SMILES string of the molecule is CC1(C)COC([C@@]2(c3ccc([N+](=O)[O-])cc3)O[C@@H]2c2ccccc2)=N1. The Hall–Kier alpha value is -2.73. The number of epoxide rings is 1. The number of hydrogen-bond acceptors (Lipinski definition) is 5. The van der Waals surface area contributed by atoms with E-state index in [1.54, 1.807) is 12.1 Å². The minimum atomic E-state index is -0.815. The topological polar surface area (TPSA) is 77.3 Å². The van der Waals surface area contributed by atoms with Crippen LogP contribution in [0.5, 0.6) is 0 Å². The molecule has 1 saturated heterocycles. The van der Waals surface area contributed by atoms with Crippen molar-refractivity contribution in [1.82, 2.24) is 0 Å². The van der Waals surface area contributed by atoms with Gasteiger partial charge in [0.2, 0.25) is 5.90 Å². The molecule has 2 heterocycles. The van der Waals surface area contributed by atoms with Gasteiger partial charge in [-0.2, -0.15) is 0 Å². The molecule has 2 aliphatic rings. The van der Waals surface area contributed by atoms with Gasteiger partial charge < -0.3 is 9.47 Å². The van der Waals surface area contributed by atoms with Crippen molar-refractivity contribution in [2.24, 2.45) is 4.99 Å². The number of nitro benzene ring substituents is 1. The van der Waals surface area contributed by atoms with Crippen LogP contribution in [0.15, 0.2) is 59.6 Å². The van der Waals surface area contributed by atoms with Gasteiger partial charge in [0.1, 0.15) is 12.7 Å². The van der Waals surface area contributed by atoms with Gasteiger partial charge in [0.15, 0.2) is 5.60 Å². The first-order valence-electron chi connectivity index (χ1n) is 8.13. The van der Waals surface area contributed by atoms with Crippen LogP contribution in [0.2, 0.25) is 0 Å². The molecule has 0 radical (unpaired) electrons. The molecule has 2 aromatic carbocycles. The number of benzene rings is 2. The van der Waals surface area contributed by atoms with E-state index in [0.29, 0.717) is 12.5 Å². The summed E-state index contributed by atoms with van der Waals surface area (Å²) in [7, 11) is 0. The second-order valence-electron chi connectivity index (χ2n) is 6.97. The molecule has 6 heteroatoms. The van der Waals surface area contributed by atoms with Gasteiger partial charge in [0.05, 0.1) is 10.5 Å². The maximum atomic E-state index is 10.9. The lowest BCUT2D eigenvalue weighted by Crippen LogP contribution is -2.23. The molecule has 1 fully saturated rings. The van der Waals surface area contributed by atoms with Crippen LogP contribution in [0.4, 0.5) is 5.69 Å². The monoisotopic (exact) mass is 338 g/mol. The van der Waals surface area contributed by atoms with Gasteiger partial charge in [-0.25, -0.2) is 4.99 Å². The summed E-state index contributed by atoms with van der Waals surface area (Å²) in [5.74, 6) is 0.542. The first-order chi connectivity index (χ1) is 11.9. The van der Waals surface area contributed by atoms with Gasteiger partial charge in [0, 0.05) is 12.1 Å². The van der Waals surface area contributed by atoms with Crippen LogP contribution in [0.1, 0.15) is 31.1 Å². The van der Waals surface area contributed by atoms with Crippen LogP contribution in [0.3, 0.4) is 0 Å². The first-order valence-corrected chi connectivity index (χ1v) is 8.13. The molecule has 0 N–H and O–H groups in total. The van der Waals surface area contributed by atoms with Crippen molar-refractivity contribution in [1.29, 1.82) is 0 Å². The van der Waals surface area contributed by atoms with E-state index in [1.807, 2.05) is 44.2 Å². The average molecular weight is 338 g/mol. The third-order valence-electron chi connectivity index (χ3n) is 4.51. The maximum Gasteiger partial charge on any atom is 0.269 e. The molecule has 0 amide bonds. The largest absolute Gasteiger partial charge is 0.476 e. The Kier molecular flexibility index (Phi) is 3.40. The fourth-order valence-electron chi connectivity index (χ4n) is 3.19. The Morgan fingerprint density at radius 3 is 2.36 bits per heavy atom. The number of ether oxygens (including phenoxy) is 2. The van der Waals surface area contributed by atoms with Crippen LogP contribution in [-0.4, -0.2) is 23.0 Å². The molecule has 6 nitrogen and oxygen atoms in total. The molecule has 2 aromatic rings.